The van der Waals surface area contributed by atoms with E-state index in [9.17, 15) is 0 Å². The highest BCUT2D eigenvalue weighted by molar-refractivity contribution is 6.45. The molecule has 0 aromatic carbocycles. The molecule has 1 rings (SSSR count). The summed E-state index contributed by atoms with van der Waals surface area (Å²) in [7, 11) is 0. The van der Waals surface area contributed by atoms with Gasteiger partial charge in [0, 0.05) is 0 Å². The van der Waals surface area contributed by atoms with Crippen LogP contribution in [0.3, 0.4) is 0 Å². The molecule has 3 N–H and O–H groups in total. The Kier molecular flexibility index (Phi) is 9.18. The summed E-state index contributed by atoms with van der Waals surface area (Å²) in [5, 5.41) is -2.62. The van der Waals surface area contributed by atoms with E-state index in [-0.39, 0.29) is 13.6 Å². The quantitative estimate of drug-likeness (QED) is 0.657. The van der Waals surface area contributed by atoms with Crippen LogP contribution in [0.1, 0.15) is 7.43 Å². The summed E-state index contributed by atoms with van der Waals surface area (Å²) in [6, 6.07) is 0. The fourth-order valence-corrected chi connectivity index (χ4v) is 3.38. The first-order valence-corrected chi connectivity index (χ1v) is 5.93. The molecule has 0 aromatic heterocycles. The largest absolute Gasteiger partial charge is 0.344 e. The SMILES string of the molecule is C.Cl[C@H]1[C@H](Cl)[C@@H](Cl)[C@@H](Cl)[C@H](Cl)[C@H]1Cl.N. The zero-order chi connectivity index (χ0) is 9.46. The van der Waals surface area contributed by atoms with Crippen molar-refractivity contribution in [1.82, 2.24) is 6.15 Å². The van der Waals surface area contributed by atoms with Gasteiger partial charge in [0.2, 0.25) is 0 Å². The van der Waals surface area contributed by atoms with Gasteiger partial charge < -0.3 is 6.15 Å². The minimum atomic E-state index is -0.437. The van der Waals surface area contributed by atoms with E-state index in [2.05, 4.69) is 0 Å². The van der Waals surface area contributed by atoms with Crippen LogP contribution in [-0.2, 0) is 0 Å². The highest BCUT2D eigenvalue weighted by atomic mass is 35.5. The van der Waals surface area contributed by atoms with Crippen LogP contribution in [0.5, 0.6) is 0 Å². The summed E-state index contributed by atoms with van der Waals surface area (Å²) in [4.78, 5) is 0. The number of rotatable bonds is 0. The van der Waals surface area contributed by atoms with Crippen LogP contribution in [-0.4, -0.2) is 32.3 Å². The molecule has 0 aromatic rings. The first-order valence-electron chi connectivity index (χ1n) is 3.31. The molecule has 88 valence electrons. The lowest BCUT2D eigenvalue weighted by Crippen LogP contribution is -2.52. The molecule has 0 saturated heterocycles. The molecule has 0 amide bonds. The van der Waals surface area contributed by atoms with Gasteiger partial charge in [-0.3, -0.25) is 0 Å². The Labute approximate surface area is 115 Å². The van der Waals surface area contributed by atoms with Gasteiger partial charge in [-0.2, -0.15) is 0 Å². The Bertz CT molecular complexity index is 110. The Balaban J connectivity index is 0. The van der Waals surface area contributed by atoms with Crippen molar-refractivity contribution in [2.45, 2.75) is 39.7 Å². The molecule has 0 radical (unpaired) electrons. The lowest BCUT2D eigenvalue weighted by molar-refractivity contribution is 0.544. The average molecular weight is 324 g/mol. The van der Waals surface area contributed by atoms with E-state index < -0.39 is 32.3 Å². The third-order valence-corrected chi connectivity index (χ3v) is 5.86. The molecule has 0 bridgehead atoms. The van der Waals surface area contributed by atoms with Gasteiger partial charge in [0.15, 0.2) is 0 Å². The van der Waals surface area contributed by atoms with Gasteiger partial charge in [0.05, 0.1) is 32.3 Å². The van der Waals surface area contributed by atoms with Gasteiger partial charge in [0.1, 0.15) is 0 Å². The molecule has 1 aliphatic carbocycles. The first-order chi connectivity index (χ1) is 5.46. The second-order valence-electron chi connectivity index (χ2n) is 2.67. The Morgan fingerprint density at radius 3 is 0.571 bits per heavy atom. The van der Waals surface area contributed by atoms with Crippen LogP contribution in [0.15, 0.2) is 0 Å². The van der Waals surface area contributed by atoms with Crippen LogP contribution < -0.4 is 6.15 Å². The fourth-order valence-electron chi connectivity index (χ4n) is 1.05. The summed E-state index contributed by atoms with van der Waals surface area (Å²) in [5.41, 5.74) is 0. The van der Waals surface area contributed by atoms with Crippen LogP contribution in [0.2, 0.25) is 0 Å². The average Bonchev–Trinajstić information content (AvgIpc) is 2.08. The molecular formula is C7H13Cl6N. The number of alkyl halides is 6. The fraction of sp³-hybridized carbons (Fsp3) is 1.00. The van der Waals surface area contributed by atoms with Crippen molar-refractivity contribution in [2.24, 2.45) is 0 Å². The second kappa shape index (κ2) is 7.11. The van der Waals surface area contributed by atoms with E-state index in [1.165, 1.54) is 0 Å². The monoisotopic (exact) mass is 321 g/mol. The molecule has 0 atom stereocenters. The van der Waals surface area contributed by atoms with Crippen molar-refractivity contribution in [2.75, 3.05) is 0 Å². The molecule has 0 heterocycles. The number of hydrogen-bond donors (Lipinski definition) is 1. The van der Waals surface area contributed by atoms with Crippen LogP contribution in [0, 0.1) is 0 Å². The summed E-state index contributed by atoms with van der Waals surface area (Å²) in [6.45, 7) is 0. The molecular weight excluding hydrogens is 311 g/mol. The lowest BCUT2D eigenvalue weighted by Gasteiger charge is -2.37. The van der Waals surface area contributed by atoms with Gasteiger partial charge in [-0.15, -0.1) is 69.6 Å². The third-order valence-electron chi connectivity index (χ3n) is 1.83. The van der Waals surface area contributed by atoms with Crippen LogP contribution in [0.4, 0.5) is 0 Å². The van der Waals surface area contributed by atoms with Crippen molar-refractivity contribution in [3.8, 4) is 0 Å². The maximum absolute atomic E-state index is 5.88. The maximum atomic E-state index is 5.88. The molecule has 0 unspecified atom stereocenters. The second-order valence-corrected chi connectivity index (χ2v) is 5.69. The summed E-state index contributed by atoms with van der Waals surface area (Å²) in [5.74, 6) is 0. The molecule has 1 nitrogen and oxygen atoms in total. The van der Waals surface area contributed by atoms with E-state index >= 15 is 0 Å². The van der Waals surface area contributed by atoms with E-state index in [4.69, 9.17) is 69.6 Å². The molecule has 1 fully saturated rings. The van der Waals surface area contributed by atoms with Crippen molar-refractivity contribution in [3.63, 3.8) is 0 Å². The number of halogens is 6. The molecule has 0 aliphatic heterocycles. The molecule has 14 heavy (non-hydrogen) atoms. The van der Waals surface area contributed by atoms with Crippen LogP contribution in [0.25, 0.3) is 0 Å². The minimum absolute atomic E-state index is 0. The smallest absolute Gasteiger partial charge is 0.0693 e. The molecule has 0 spiro atoms. The van der Waals surface area contributed by atoms with E-state index in [1.54, 1.807) is 0 Å². The Morgan fingerprint density at radius 1 is 0.429 bits per heavy atom. The predicted molar refractivity (Wildman–Crippen MR) is 69.6 cm³/mol. The van der Waals surface area contributed by atoms with E-state index in [0.717, 1.165) is 0 Å². The molecule has 1 aliphatic rings. The standard InChI is InChI=1S/C6H6Cl6.CH4.H3N/c7-1-2(8)4(10)6(12)5(11)3(1)9;;/h1-6H;1H4;1H3/t1-,2-,3-,4+,5+,6+;;. The summed E-state index contributed by atoms with van der Waals surface area (Å²) >= 11 is 35.3. The van der Waals surface area contributed by atoms with Crippen molar-refractivity contribution >= 4 is 69.6 Å². The highest BCUT2D eigenvalue weighted by Gasteiger charge is 2.46. The van der Waals surface area contributed by atoms with Crippen molar-refractivity contribution < 1.29 is 0 Å². The zero-order valence-electron chi connectivity index (χ0n) is 6.44. The van der Waals surface area contributed by atoms with Gasteiger partial charge in [-0.1, -0.05) is 7.43 Å². The predicted octanol–water partition coefficient (Wildman–Crippen LogP) is 4.44. The van der Waals surface area contributed by atoms with Gasteiger partial charge in [0.25, 0.3) is 0 Å². The maximum Gasteiger partial charge on any atom is 0.0693 e. The van der Waals surface area contributed by atoms with Gasteiger partial charge in [-0.25, -0.2) is 0 Å². The normalized spacial score (nSPS) is 47.6. The van der Waals surface area contributed by atoms with Crippen molar-refractivity contribution in [3.05, 3.63) is 0 Å². The number of hydrogen-bond acceptors (Lipinski definition) is 1. The van der Waals surface area contributed by atoms with Gasteiger partial charge in [-0.05, 0) is 0 Å². The van der Waals surface area contributed by atoms with Crippen molar-refractivity contribution in [1.29, 1.82) is 0 Å². The van der Waals surface area contributed by atoms with Crippen LogP contribution >= 0.6 is 69.6 Å². The Hall–Kier alpha value is 1.70. The topological polar surface area (TPSA) is 35.0 Å². The third kappa shape index (κ3) is 3.35. The summed E-state index contributed by atoms with van der Waals surface area (Å²) in [6.07, 6.45) is 0. The molecule has 7 heteroatoms. The Morgan fingerprint density at radius 2 is 0.500 bits per heavy atom. The zero-order valence-corrected chi connectivity index (χ0v) is 11.0. The first kappa shape index (κ1) is 18.1. The molecule has 1 saturated carbocycles. The summed E-state index contributed by atoms with van der Waals surface area (Å²) < 4.78 is 0. The van der Waals surface area contributed by atoms with E-state index in [1.807, 2.05) is 0 Å². The lowest BCUT2D eigenvalue weighted by atomic mass is 9.97. The van der Waals surface area contributed by atoms with Gasteiger partial charge >= 0.3 is 0 Å². The highest BCUT2D eigenvalue weighted by Crippen LogP contribution is 2.39. The van der Waals surface area contributed by atoms with E-state index in [0.29, 0.717) is 0 Å². The minimum Gasteiger partial charge on any atom is -0.344 e.